The fourth-order valence-electron chi connectivity index (χ4n) is 2.54. The Morgan fingerprint density at radius 1 is 1.47 bits per heavy atom. The fraction of sp³-hybridized carbons (Fsp3) is 0.385. The molecule has 2 aromatic rings. The van der Waals surface area contributed by atoms with Crippen molar-refractivity contribution in [2.45, 2.75) is 25.4 Å². The van der Waals surface area contributed by atoms with Crippen LogP contribution >= 0.6 is 15.9 Å². The summed E-state index contributed by atoms with van der Waals surface area (Å²) >= 11 is 3.58. The largest absolute Gasteiger partial charge is 0.366 e. The van der Waals surface area contributed by atoms with Crippen LogP contribution in [0.5, 0.6) is 0 Å². The SMILES string of the molecule is NC(=O)c1cccc2c(Br)n(C3CCCCN3)nc12. The molecule has 1 aromatic heterocycles. The Morgan fingerprint density at radius 3 is 3.00 bits per heavy atom. The zero-order valence-electron chi connectivity index (χ0n) is 10.4. The summed E-state index contributed by atoms with van der Waals surface area (Å²) in [7, 11) is 0. The van der Waals surface area contributed by atoms with Crippen LogP contribution in [0.3, 0.4) is 0 Å². The number of benzene rings is 1. The van der Waals surface area contributed by atoms with E-state index in [1.807, 2.05) is 16.8 Å². The van der Waals surface area contributed by atoms with Gasteiger partial charge in [-0.15, -0.1) is 0 Å². The van der Waals surface area contributed by atoms with Crippen LogP contribution in [0.25, 0.3) is 10.9 Å². The van der Waals surface area contributed by atoms with Crippen LogP contribution in [0.4, 0.5) is 0 Å². The van der Waals surface area contributed by atoms with Crippen molar-refractivity contribution in [3.8, 4) is 0 Å². The molecule has 1 unspecified atom stereocenters. The second-order valence-electron chi connectivity index (χ2n) is 4.77. The molecule has 1 saturated heterocycles. The predicted molar refractivity (Wildman–Crippen MR) is 76.8 cm³/mol. The minimum atomic E-state index is -0.445. The third-order valence-corrected chi connectivity index (χ3v) is 4.30. The number of amides is 1. The molecule has 1 atom stereocenters. The summed E-state index contributed by atoms with van der Waals surface area (Å²) in [4.78, 5) is 11.5. The summed E-state index contributed by atoms with van der Waals surface area (Å²) in [6.07, 6.45) is 3.60. The summed E-state index contributed by atoms with van der Waals surface area (Å²) in [6, 6.07) is 5.48. The van der Waals surface area contributed by atoms with Crippen molar-refractivity contribution in [2.75, 3.05) is 6.54 Å². The van der Waals surface area contributed by atoms with E-state index in [9.17, 15) is 4.79 Å². The van der Waals surface area contributed by atoms with Crippen molar-refractivity contribution in [3.63, 3.8) is 0 Å². The lowest BCUT2D eigenvalue weighted by atomic mass is 10.1. The molecule has 3 N–H and O–H groups in total. The number of nitrogens with two attached hydrogens (primary N) is 1. The molecule has 1 aliphatic heterocycles. The lowest BCUT2D eigenvalue weighted by molar-refractivity contribution is 0.100. The van der Waals surface area contributed by atoms with Gasteiger partial charge in [-0.1, -0.05) is 6.07 Å². The van der Waals surface area contributed by atoms with E-state index in [2.05, 4.69) is 26.3 Å². The van der Waals surface area contributed by atoms with Gasteiger partial charge in [0.05, 0.1) is 5.56 Å². The molecule has 1 aromatic carbocycles. The number of rotatable bonds is 2. The van der Waals surface area contributed by atoms with E-state index >= 15 is 0 Å². The molecular weight excluding hydrogens is 308 g/mol. The number of primary amides is 1. The summed E-state index contributed by atoms with van der Waals surface area (Å²) in [6.45, 7) is 0.996. The molecule has 1 amide bonds. The third kappa shape index (κ3) is 2.15. The van der Waals surface area contributed by atoms with Gasteiger partial charge in [0.25, 0.3) is 5.91 Å². The number of halogens is 1. The minimum Gasteiger partial charge on any atom is -0.366 e. The quantitative estimate of drug-likeness (QED) is 0.890. The highest BCUT2D eigenvalue weighted by Crippen LogP contribution is 2.30. The van der Waals surface area contributed by atoms with Gasteiger partial charge in [-0.05, 0) is 53.9 Å². The van der Waals surface area contributed by atoms with Crippen LogP contribution in [0.1, 0.15) is 35.8 Å². The first kappa shape index (κ1) is 12.6. The van der Waals surface area contributed by atoms with Gasteiger partial charge in [-0.2, -0.15) is 5.10 Å². The molecule has 2 heterocycles. The van der Waals surface area contributed by atoms with Gasteiger partial charge in [-0.25, -0.2) is 4.68 Å². The maximum atomic E-state index is 11.5. The number of hydrogen-bond donors (Lipinski definition) is 2. The summed E-state index contributed by atoms with van der Waals surface area (Å²) < 4.78 is 2.81. The number of fused-ring (bicyclic) bond motifs is 1. The molecule has 1 aliphatic rings. The number of aromatic nitrogens is 2. The van der Waals surface area contributed by atoms with Crippen molar-refractivity contribution in [3.05, 3.63) is 28.4 Å². The Bertz CT molecular complexity index is 631. The minimum absolute atomic E-state index is 0.177. The van der Waals surface area contributed by atoms with Gasteiger partial charge < -0.3 is 5.73 Å². The van der Waals surface area contributed by atoms with Gasteiger partial charge >= 0.3 is 0 Å². The van der Waals surface area contributed by atoms with E-state index < -0.39 is 5.91 Å². The highest BCUT2D eigenvalue weighted by molar-refractivity contribution is 9.10. The average Bonchev–Trinajstić information content (AvgIpc) is 2.77. The maximum Gasteiger partial charge on any atom is 0.250 e. The van der Waals surface area contributed by atoms with E-state index in [-0.39, 0.29) is 6.17 Å². The molecule has 3 rings (SSSR count). The average molecular weight is 323 g/mol. The molecular formula is C13H15BrN4O. The summed E-state index contributed by atoms with van der Waals surface area (Å²) in [5.74, 6) is -0.445. The molecule has 0 aliphatic carbocycles. The van der Waals surface area contributed by atoms with Crippen molar-refractivity contribution in [1.82, 2.24) is 15.1 Å². The van der Waals surface area contributed by atoms with Gasteiger partial charge in [0, 0.05) is 5.39 Å². The number of nitrogens with zero attached hydrogens (tertiary/aromatic N) is 2. The smallest absolute Gasteiger partial charge is 0.250 e. The Kier molecular flexibility index (Phi) is 3.28. The Balaban J connectivity index is 2.13. The number of hydrogen-bond acceptors (Lipinski definition) is 3. The van der Waals surface area contributed by atoms with Crippen molar-refractivity contribution in [2.24, 2.45) is 5.73 Å². The van der Waals surface area contributed by atoms with Crippen LogP contribution in [0.15, 0.2) is 22.8 Å². The first-order valence-electron chi connectivity index (χ1n) is 6.38. The van der Waals surface area contributed by atoms with E-state index in [0.717, 1.165) is 23.0 Å². The van der Waals surface area contributed by atoms with Crippen molar-refractivity contribution < 1.29 is 4.79 Å². The zero-order valence-corrected chi connectivity index (χ0v) is 12.0. The first-order valence-corrected chi connectivity index (χ1v) is 7.17. The highest BCUT2D eigenvalue weighted by Gasteiger charge is 2.21. The predicted octanol–water partition coefficient (Wildman–Crippen LogP) is 2.17. The van der Waals surface area contributed by atoms with Crippen molar-refractivity contribution >= 4 is 32.7 Å². The fourth-order valence-corrected chi connectivity index (χ4v) is 3.19. The third-order valence-electron chi connectivity index (χ3n) is 3.51. The van der Waals surface area contributed by atoms with Crippen LogP contribution in [-0.2, 0) is 0 Å². The van der Waals surface area contributed by atoms with Gasteiger partial charge in [0.2, 0.25) is 0 Å². The highest BCUT2D eigenvalue weighted by atomic mass is 79.9. The van der Waals surface area contributed by atoms with E-state index in [4.69, 9.17) is 5.73 Å². The molecule has 0 radical (unpaired) electrons. The van der Waals surface area contributed by atoms with E-state index in [1.54, 1.807) is 6.07 Å². The van der Waals surface area contributed by atoms with Crippen LogP contribution < -0.4 is 11.1 Å². The summed E-state index contributed by atoms with van der Waals surface area (Å²) in [5.41, 5.74) is 6.53. The van der Waals surface area contributed by atoms with Crippen LogP contribution in [-0.4, -0.2) is 22.2 Å². The molecule has 5 nitrogen and oxygen atoms in total. The normalized spacial score (nSPS) is 19.7. The molecule has 1 fully saturated rings. The Morgan fingerprint density at radius 2 is 2.32 bits per heavy atom. The second-order valence-corrected chi connectivity index (χ2v) is 5.52. The maximum absolute atomic E-state index is 11.5. The van der Waals surface area contributed by atoms with Gasteiger partial charge in [0.15, 0.2) is 0 Å². The Hall–Kier alpha value is -1.40. The first-order chi connectivity index (χ1) is 9.18. The monoisotopic (exact) mass is 322 g/mol. The number of carbonyl (C=O) groups is 1. The number of nitrogens with one attached hydrogen (secondary N) is 1. The lowest BCUT2D eigenvalue weighted by Crippen LogP contribution is -2.32. The molecule has 0 saturated carbocycles. The molecule has 19 heavy (non-hydrogen) atoms. The van der Waals surface area contributed by atoms with Gasteiger partial charge in [0.1, 0.15) is 16.3 Å². The molecule has 100 valence electrons. The van der Waals surface area contributed by atoms with Gasteiger partial charge in [-0.3, -0.25) is 10.1 Å². The zero-order chi connectivity index (χ0) is 13.4. The second kappa shape index (κ2) is 4.94. The molecule has 6 heteroatoms. The molecule has 0 bridgehead atoms. The number of piperidine rings is 1. The Labute approximate surface area is 119 Å². The summed E-state index contributed by atoms with van der Waals surface area (Å²) in [5, 5.41) is 8.92. The number of carbonyl (C=O) groups excluding carboxylic acids is 1. The van der Waals surface area contributed by atoms with Crippen LogP contribution in [0.2, 0.25) is 0 Å². The topological polar surface area (TPSA) is 72.9 Å². The van der Waals surface area contributed by atoms with Crippen LogP contribution in [0, 0.1) is 0 Å². The lowest BCUT2D eigenvalue weighted by Gasteiger charge is -2.24. The van der Waals surface area contributed by atoms with Crippen molar-refractivity contribution in [1.29, 1.82) is 0 Å². The van der Waals surface area contributed by atoms with E-state index in [0.29, 0.717) is 11.1 Å². The molecule has 0 spiro atoms. The standard InChI is InChI=1S/C13H15BrN4O/c14-12-8-4-3-5-9(13(15)19)11(8)17-18(12)10-6-1-2-7-16-10/h3-5,10,16H,1-2,6-7H2,(H2,15,19). The van der Waals surface area contributed by atoms with E-state index in [1.165, 1.54) is 12.8 Å².